The Hall–Kier alpha value is -1.89. The average Bonchev–Trinajstić information content (AvgIpc) is 2.80. The summed E-state index contributed by atoms with van der Waals surface area (Å²) >= 11 is 0. The lowest BCUT2D eigenvalue weighted by molar-refractivity contribution is 0.211. The van der Waals surface area contributed by atoms with E-state index in [1.165, 1.54) is 17.2 Å². The molecule has 3 heterocycles. The number of nitrogens with one attached hydrogen (secondary N) is 2. The molecule has 0 aliphatic carbocycles. The second-order valence-corrected chi connectivity index (χ2v) is 4.89. The highest BCUT2D eigenvalue weighted by Gasteiger charge is 2.14. The van der Waals surface area contributed by atoms with Gasteiger partial charge in [-0.3, -0.25) is 0 Å². The molecule has 1 fully saturated rings. The molecule has 0 bridgehead atoms. The highest BCUT2D eigenvalue weighted by atomic mass is 16.5. The van der Waals surface area contributed by atoms with Crippen molar-refractivity contribution in [2.24, 2.45) is 5.92 Å². The first kappa shape index (κ1) is 12.2. The van der Waals surface area contributed by atoms with E-state index in [2.05, 4.69) is 20.5 Å². The maximum atomic E-state index is 11.5. The minimum Gasteiger partial charge on any atom is -0.477 e. The van der Waals surface area contributed by atoms with Gasteiger partial charge in [0.25, 0.3) is 0 Å². The number of nitrogens with zero attached hydrogens (tertiary/aromatic N) is 3. The zero-order chi connectivity index (χ0) is 13.2. The Morgan fingerprint density at radius 1 is 1.58 bits per heavy atom. The first-order valence-corrected chi connectivity index (χ1v) is 6.52. The predicted octanol–water partition coefficient (Wildman–Crippen LogP) is 0.104. The van der Waals surface area contributed by atoms with E-state index in [1.807, 2.05) is 0 Å². The van der Waals surface area contributed by atoms with Crippen molar-refractivity contribution in [2.75, 3.05) is 19.7 Å². The van der Waals surface area contributed by atoms with E-state index in [-0.39, 0.29) is 5.69 Å². The van der Waals surface area contributed by atoms with Crippen molar-refractivity contribution < 1.29 is 4.74 Å². The number of H-pyrrole nitrogens is 1. The van der Waals surface area contributed by atoms with Gasteiger partial charge in [0.15, 0.2) is 5.65 Å². The summed E-state index contributed by atoms with van der Waals surface area (Å²) in [6, 6.07) is 1.68. The van der Waals surface area contributed by atoms with Crippen molar-refractivity contribution in [3.05, 3.63) is 22.4 Å². The van der Waals surface area contributed by atoms with Crippen LogP contribution in [0.1, 0.15) is 18.7 Å². The van der Waals surface area contributed by atoms with Crippen LogP contribution in [0.2, 0.25) is 0 Å². The van der Waals surface area contributed by atoms with Crippen molar-refractivity contribution in [2.45, 2.75) is 19.8 Å². The third kappa shape index (κ3) is 2.46. The van der Waals surface area contributed by atoms with Gasteiger partial charge in [0.2, 0.25) is 5.88 Å². The van der Waals surface area contributed by atoms with Crippen LogP contribution < -0.4 is 15.7 Å². The smallest absolute Gasteiger partial charge is 0.349 e. The highest BCUT2D eigenvalue weighted by Crippen LogP contribution is 2.14. The highest BCUT2D eigenvalue weighted by molar-refractivity contribution is 5.40. The Morgan fingerprint density at radius 2 is 2.47 bits per heavy atom. The molecule has 7 nitrogen and oxygen atoms in total. The predicted molar refractivity (Wildman–Crippen MR) is 69.4 cm³/mol. The van der Waals surface area contributed by atoms with Crippen LogP contribution in [-0.4, -0.2) is 39.3 Å². The molecule has 0 amide bonds. The molecule has 0 spiro atoms. The molecule has 7 heteroatoms. The second-order valence-electron chi connectivity index (χ2n) is 4.89. The number of piperidine rings is 1. The van der Waals surface area contributed by atoms with Crippen molar-refractivity contribution >= 4 is 5.65 Å². The van der Waals surface area contributed by atoms with E-state index in [4.69, 9.17) is 4.74 Å². The van der Waals surface area contributed by atoms with E-state index < -0.39 is 0 Å². The van der Waals surface area contributed by atoms with Crippen LogP contribution in [0.5, 0.6) is 5.88 Å². The fraction of sp³-hybridized carbons (Fsp3) is 0.583. The largest absolute Gasteiger partial charge is 0.477 e. The summed E-state index contributed by atoms with van der Waals surface area (Å²) in [5, 5.41) is 9.68. The summed E-state index contributed by atoms with van der Waals surface area (Å²) in [6.07, 6.45) is 2.37. The number of hydrogen-bond donors (Lipinski definition) is 2. The van der Waals surface area contributed by atoms with E-state index >= 15 is 0 Å². The third-order valence-electron chi connectivity index (χ3n) is 3.41. The monoisotopic (exact) mass is 263 g/mol. The molecule has 2 aromatic rings. The van der Waals surface area contributed by atoms with Gasteiger partial charge >= 0.3 is 5.69 Å². The lowest BCUT2D eigenvalue weighted by atomic mass is 10.0. The molecule has 1 aliphatic heterocycles. The maximum absolute atomic E-state index is 11.5. The van der Waals surface area contributed by atoms with Crippen LogP contribution in [0.4, 0.5) is 0 Å². The lowest BCUT2D eigenvalue weighted by Gasteiger charge is -2.22. The minimum atomic E-state index is -0.275. The molecule has 0 radical (unpaired) electrons. The van der Waals surface area contributed by atoms with Crippen molar-refractivity contribution in [3.63, 3.8) is 0 Å². The molecule has 2 aromatic heterocycles. The maximum Gasteiger partial charge on any atom is 0.349 e. The zero-order valence-corrected chi connectivity index (χ0v) is 10.8. The van der Waals surface area contributed by atoms with E-state index in [9.17, 15) is 4.79 Å². The molecule has 19 heavy (non-hydrogen) atoms. The van der Waals surface area contributed by atoms with Gasteiger partial charge in [0.1, 0.15) is 5.82 Å². The number of hydrogen-bond acceptors (Lipinski definition) is 5. The van der Waals surface area contributed by atoms with Gasteiger partial charge in [-0.2, -0.15) is 10.1 Å². The Bertz CT molecular complexity index is 627. The molecular formula is C12H17N5O2. The van der Waals surface area contributed by atoms with Gasteiger partial charge in [-0.25, -0.2) is 14.3 Å². The van der Waals surface area contributed by atoms with Gasteiger partial charge in [0.05, 0.1) is 6.61 Å². The fourth-order valence-electron chi connectivity index (χ4n) is 2.41. The Kier molecular flexibility index (Phi) is 3.20. The van der Waals surface area contributed by atoms with Crippen LogP contribution in [-0.2, 0) is 0 Å². The summed E-state index contributed by atoms with van der Waals surface area (Å²) in [4.78, 5) is 15.8. The van der Waals surface area contributed by atoms with Gasteiger partial charge < -0.3 is 10.1 Å². The number of aromatic nitrogens is 4. The molecule has 1 aliphatic rings. The van der Waals surface area contributed by atoms with Gasteiger partial charge in [0, 0.05) is 18.5 Å². The van der Waals surface area contributed by atoms with E-state index in [1.54, 1.807) is 13.0 Å². The molecule has 1 unspecified atom stereocenters. The Labute approximate surface area is 110 Å². The average molecular weight is 263 g/mol. The van der Waals surface area contributed by atoms with E-state index in [0.29, 0.717) is 29.9 Å². The van der Waals surface area contributed by atoms with Crippen molar-refractivity contribution in [1.29, 1.82) is 0 Å². The molecule has 102 valence electrons. The van der Waals surface area contributed by atoms with Crippen LogP contribution in [0.15, 0.2) is 10.9 Å². The molecule has 2 N–H and O–H groups in total. The third-order valence-corrected chi connectivity index (χ3v) is 3.41. The number of ether oxygens (including phenoxy) is 1. The topological polar surface area (TPSA) is 84.3 Å². The first-order valence-electron chi connectivity index (χ1n) is 6.52. The summed E-state index contributed by atoms with van der Waals surface area (Å²) < 4.78 is 7.15. The summed E-state index contributed by atoms with van der Waals surface area (Å²) in [5.41, 5.74) is 0.261. The number of fused-ring (bicyclic) bond motifs is 1. The number of rotatable bonds is 3. The number of aryl methyl sites for hydroxylation is 1. The Morgan fingerprint density at radius 3 is 3.26 bits per heavy atom. The van der Waals surface area contributed by atoms with Crippen LogP contribution in [0.3, 0.4) is 0 Å². The van der Waals surface area contributed by atoms with Crippen molar-refractivity contribution in [3.8, 4) is 5.88 Å². The molecular weight excluding hydrogens is 246 g/mol. The summed E-state index contributed by atoms with van der Waals surface area (Å²) in [5.74, 6) is 1.62. The molecule has 1 atom stereocenters. The summed E-state index contributed by atoms with van der Waals surface area (Å²) in [6.45, 7) is 4.49. The zero-order valence-electron chi connectivity index (χ0n) is 10.8. The minimum absolute atomic E-state index is 0.275. The number of aromatic amines is 1. The van der Waals surface area contributed by atoms with Crippen LogP contribution >= 0.6 is 0 Å². The van der Waals surface area contributed by atoms with Crippen LogP contribution in [0.25, 0.3) is 5.65 Å². The summed E-state index contributed by atoms with van der Waals surface area (Å²) in [7, 11) is 0. The molecule has 3 rings (SSSR count). The fourth-order valence-corrected chi connectivity index (χ4v) is 2.41. The van der Waals surface area contributed by atoms with E-state index in [0.717, 1.165) is 13.1 Å². The van der Waals surface area contributed by atoms with Gasteiger partial charge in [-0.15, -0.1) is 0 Å². The SMILES string of the molecule is Cc1nc(OCC2CCCNC2)cc2n[nH]c(=O)n12. The van der Waals surface area contributed by atoms with Crippen LogP contribution in [0, 0.1) is 12.8 Å². The quantitative estimate of drug-likeness (QED) is 0.820. The molecule has 0 saturated carbocycles. The van der Waals surface area contributed by atoms with Gasteiger partial charge in [-0.1, -0.05) is 0 Å². The standard InChI is InChI=1S/C12H17N5O2/c1-8-14-11(5-10-15-16-12(18)17(8)10)19-7-9-3-2-4-13-6-9/h5,9,13H,2-4,6-7H2,1H3,(H,16,18). The lowest BCUT2D eigenvalue weighted by Crippen LogP contribution is -2.33. The molecule has 1 saturated heterocycles. The van der Waals surface area contributed by atoms with Gasteiger partial charge in [-0.05, 0) is 26.3 Å². The molecule has 0 aromatic carbocycles. The second kappa shape index (κ2) is 5.00. The normalized spacial score (nSPS) is 19.7. The Balaban J connectivity index is 1.75. The van der Waals surface area contributed by atoms with Crippen molar-refractivity contribution in [1.82, 2.24) is 24.9 Å². The first-order chi connectivity index (χ1) is 9.24.